The topological polar surface area (TPSA) is 43.4 Å². The van der Waals surface area contributed by atoms with Crippen molar-refractivity contribution in [3.8, 4) is 5.75 Å². The van der Waals surface area contributed by atoms with E-state index < -0.39 is 0 Å². The molecule has 0 bridgehead atoms. The van der Waals surface area contributed by atoms with E-state index in [9.17, 15) is 9.59 Å². The van der Waals surface area contributed by atoms with E-state index in [0.717, 1.165) is 30.3 Å². The third-order valence-electron chi connectivity index (χ3n) is 4.61. The van der Waals surface area contributed by atoms with Crippen LogP contribution in [0.15, 0.2) is 18.2 Å². The molecule has 0 amide bonds. The second-order valence-corrected chi connectivity index (χ2v) is 5.09. The Morgan fingerprint density at radius 1 is 1.32 bits per heavy atom. The maximum Gasteiger partial charge on any atom is 0.167 e. The number of ether oxygens (including phenoxy) is 1. The molecule has 0 aliphatic heterocycles. The number of aldehydes is 1. The van der Waals surface area contributed by atoms with Gasteiger partial charge in [-0.25, -0.2) is 0 Å². The summed E-state index contributed by atoms with van der Waals surface area (Å²) in [7, 11) is 1.59. The summed E-state index contributed by atoms with van der Waals surface area (Å²) in [5.41, 5.74) is 1.62. The van der Waals surface area contributed by atoms with Crippen molar-refractivity contribution in [3.63, 3.8) is 0 Å². The van der Waals surface area contributed by atoms with Crippen LogP contribution in [-0.2, 0) is 10.2 Å². The van der Waals surface area contributed by atoms with Gasteiger partial charge in [0.15, 0.2) is 5.78 Å². The number of carbonyl (C=O) groups excluding carboxylic acids is 2. The number of hydrogen-bond acceptors (Lipinski definition) is 3. The first-order valence-electron chi connectivity index (χ1n) is 6.81. The molecule has 1 aliphatic rings. The van der Waals surface area contributed by atoms with Crippen molar-refractivity contribution < 1.29 is 14.3 Å². The molecule has 3 heteroatoms. The van der Waals surface area contributed by atoms with Crippen LogP contribution in [0, 0.1) is 5.92 Å². The maximum atomic E-state index is 12.6. The number of ketones is 1. The minimum absolute atomic E-state index is 0.0877. The Morgan fingerprint density at radius 3 is 2.53 bits per heavy atom. The summed E-state index contributed by atoms with van der Waals surface area (Å²) in [6.07, 6.45) is 2.91. The SMILES string of the molecule is CCC1(CC)c2ccc(OC)cc2C(=O)[C@H]1CC=O. The Balaban J connectivity index is 2.60. The molecule has 0 radical (unpaired) electrons. The Kier molecular flexibility index (Phi) is 3.74. The molecule has 1 atom stereocenters. The Morgan fingerprint density at radius 2 is 2.00 bits per heavy atom. The summed E-state index contributed by atoms with van der Waals surface area (Å²) in [5, 5.41) is 0. The van der Waals surface area contributed by atoms with Crippen molar-refractivity contribution in [2.24, 2.45) is 5.92 Å². The van der Waals surface area contributed by atoms with Crippen molar-refractivity contribution in [2.75, 3.05) is 7.11 Å². The number of fused-ring (bicyclic) bond motifs is 1. The molecule has 3 nitrogen and oxygen atoms in total. The highest BCUT2D eigenvalue weighted by atomic mass is 16.5. The summed E-state index contributed by atoms with van der Waals surface area (Å²) >= 11 is 0. The fourth-order valence-electron chi connectivity index (χ4n) is 3.47. The number of methoxy groups -OCH3 is 1. The van der Waals surface area contributed by atoms with E-state index in [1.807, 2.05) is 18.2 Å². The number of rotatable bonds is 5. The Hall–Kier alpha value is -1.64. The molecule has 1 aromatic rings. The zero-order chi connectivity index (χ0) is 14.0. The van der Waals surface area contributed by atoms with Crippen LogP contribution in [0.3, 0.4) is 0 Å². The molecule has 0 heterocycles. The second-order valence-electron chi connectivity index (χ2n) is 5.09. The highest BCUT2D eigenvalue weighted by molar-refractivity contribution is 6.05. The highest BCUT2D eigenvalue weighted by Crippen LogP contribution is 2.49. The van der Waals surface area contributed by atoms with Gasteiger partial charge in [0.1, 0.15) is 12.0 Å². The van der Waals surface area contributed by atoms with Gasteiger partial charge in [-0.1, -0.05) is 19.9 Å². The number of hydrogen-bond donors (Lipinski definition) is 0. The van der Waals surface area contributed by atoms with Gasteiger partial charge in [-0.3, -0.25) is 4.79 Å². The third kappa shape index (κ3) is 1.88. The Labute approximate surface area is 114 Å². The highest BCUT2D eigenvalue weighted by Gasteiger charge is 2.49. The first-order valence-corrected chi connectivity index (χ1v) is 6.81. The summed E-state index contributed by atoms with van der Waals surface area (Å²) in [4.78, 5) is 23.5. The van der Waals surface area contributed by atoms with Crippen LogP contribution in [-0.4, -0.2) is 19.2 Å². The van der Waals surface area contributed by atoms with Crippen molar-refractivity contribution in [3.05, 3.63) is 29.3 Å². The van der Waals surface area contributed by atoms with E-state index in [-0.39, 0.29) is 17.1 Å². The predicted octanol–water partition coefficient (Wildman–Crippen LogP) is 3.15. The number of benzene rings is 1. The first kappa shape index (κ1) is 13.8. The van der Waals surface area contributed by atoms with Gasteiger partial charge in [-0.15, -0.1) is 0 Å². The monoisotopic (exact) mass is 260 g/mol. The molecular weight excluding hydrogens is 240 g/mol. The molecule has 0 spiro atoms. The Bertz CT molecular complexity index is 501. The fraction of sp³-hybridized carbons (Fsp3) is 0.500. The summed E-state index contributed by atoms with van der Waals surface area (Å²) in [6.45, 7) is 4.18. The van der Waals surface area contributed by atoms with E-state index in [1.165, 1.54) is 0 Å². The van der Waals surface area contributed by atoms with Crippen LogP contribution >= 0.6 is 0 Å². The second kappa shape index (κ2) is 5.16. The van der Waals surface area contributed by atoms with Crippen LogP contribution in [0.2, 0.25) is 0 Å². The van der Waals surface area contributed by atoms with Gasteiger partial charge in [-0.2, -0.15) is 0 Å². The maximum absolute atomic E-state index is 12.6. The normalized spacial score (nSPS) is 20.2. The summed E-state index contributed by atoms with van der Waals surface area (Å²) in [5.74, 6) is 0.562. The standard InChI is InChI=1S/C16H20O3/c1-4-16(5-2)13-7-6-11(19-3)10-12(13)15(18)14(16)8-9-17/h6-7,9-10,14H,4-5,8H2,1-3H3/t14-/m1/s1. The molecule has 19 heavy (non-hydrogen) atoms. The summed E-state index contributed by atoms with van der Waals surface area (Å²) in [6, 6.07) is 5.70. The van der Waals surface area contributed by atoms with Crippen LogP contribution in [0.5, 0.6) is 5.75 Å². The molecule has 0 unspecified atom stereocenters. The molecule has 1 aliphatic carbocycles. The molecule has 102 valence electrons. The molecule has 0 fully saturated rings. The minimum Gasteiger partial charge on any atom is -0.497 e. The third-order valence-corrected chi connectivity index (χ3v) is 4.61. The average Bonchev–Trinajstić information content (AvgIpc) is 2.69. The smallest absolute Gasteiger partial charge is 0.167 e. The van der Waals surface area contributed by atoms with Crippen molar-refractivity contribution in [2.45, 2.75) is 38.5 Å². The molecule has 0 saturated heterocycles. The van der Waals surface area contributed by atoms with Crippen LogP contribution in [0.25, 0.3) is 0 Å². The van der Waals surface area contributed by atoms with Gasteiger partial charge in [0.2, 0.25) is 0 Å². The van der Waals surface area contributed by atoms with Gasteiger partial charge in [0.05, 0.1) is 7.11 Å². The van der Waals surface area contributed by atoms with E-state index in [0.29, 0.717) is 12.2 Å². The zero-order valence-electron chi connectivity index (χ0n) is 11.7. The lowest BCUT2D eigenvalue weighted by molar-refractivity contribution is -0.108. The fourth-order valence-corrected chi connectivity index (χ4v) is 3.47. The molecule has 0 saturated carbocycles. The first-order chi connectivity index (χ1) is 9.14. The van der Waals surface area contributed by atoms with Crippen LogP contribution in [0.4, 0.5) is 0 Å². The molecule has 1 aromatic carbocycles. The number of carbonyl (C=O) groups is 2. The van der Waals surface area contributed by atoms with Crippen molar-refractivity contribution in [1.29, 1.82) is 0 Å². The lowest BCUT2D eigenvalue weighted by atomic mass is 9.69. The lowest BCUT2D eigenvalue weighted by Crippen LogP contribution is -2.32. The molecule has 0 N–H and O–H groups in total. The zero-order valence-corrected chi connectivity index (χ0v) is 11.7. The summed E-state index contributed by atoms with van der Waals surface area (Å²) < 4.78 is 5.20. The lowest BCUT2D eigenvalue weighted by Gasteiger charge is -2.33. The van der Waals surface area contributed by atoms with Gasteiger partial charge >= 0.3 is 0 Å². The van der Waals surface area contributed by atoms with Gasteiger partial charge in [0.25, 0.3) is 0 Å². The van der Waals surface area contributed by atoms with E-state index in [4.69, 9.17) is 4.74 Å². The molecular formula is C16H20O3. The predicted molar refractivity (Wildman–Crippen MR) is 73.8 cm³/mol. The van der Waals surface area contributed by atoms with E-state index in [2.05, 4.69) is 13.8 Å². The van der Waals surface area contributed by atoms with Gasteiger partial charge in [-0.05, 0) is 30.5 Å². The quantitative estimate of drug-likeness (QED) is 0.764. The van der Waals surface area contributed by atoms with Gasteiger partial charge < -0.3 is 9.53 Å². The largest absolute Gasteiger partial charge is 0.497 e. The van der Waals surface area contributed by atoms with Crippen molar-refractivity contribution in [1.82, 2.24) is 0 Å². The van der Waals surface area contributed by atoms with Crippen LogP contribution < -0.4 is 4.74 Å². The van der Waals surface area contributed by atoms with Crippen LogP contribution in [0.1, 0.15) is 49.0 Å². The van der Waals surface area contributed by atoms with Crippen molar-refractivity contribution >= 4 is 12.1 Å². The van der Waals surface area contributed by atoms with Gasteiger partial charge in [0, 0.05) is 23.3 Å². The molecule has 0 aromatic heterocycles. The minimum atomic E-state index is -0.220. The molecule has 2 rings (SSSR count). The van der Waals surface area contributed by atoms with E-state index in [1.54, 1.807) is 7.11 Å². The number of Topliss-reactive ketones (excluding diaryl/α,β-unsaturated/α-hetero) is 1. The van der Waals surface area contributed by atoms with E-state index >= 15 is 0 Å². The average molecular weight is 260 g/mol.